The zero-order valence-electron chi connectivity index (χ0n) is 20.8. The van der Waals surface area contributed by atoms with Crippen LogP contribution >= 0.6 is 23.5 Å². The highest BCUT2D eigenvalue weighted by Gasteiger charge is 2.42. The van der Waals surface area contributed by atoms with Crippen LogP contribution in [0.25, 0.3) is 0 Å². The van der Waals surface area contributed by atoms with Crippen LogP contribution in [0.15, 0.2) is 27.1 Å². The maximum Gasteiger partial charge on any atom is 0.302 e. The molecule has 1 heterocycles. The first-order chi connectivity index (χ1) is 14.8. The molecule has 10 heteroatoms. The predicted octanol–water partition coefficient (Wildman–Crippen LogP) is 4.35. The van der Waals surface area contributed by atoms with Gasteiger partial charge in [-0.15, -0.1) is 0 Å². The van der Waals surface area contributed by atoms with E-state index in [1.165, 1.54) is 38.7 Å². The van der Waals surface area contributed by atoms with Gasteiger partial charge in [-0.1, -0.05) is 25.6 Å². The van der Waals surface area contributed by atoms with Crippen molar-refractivity contribution in [2.75, 3.05) is 19.1 Å². The third-order valence-corrected chi connectivity index (χ3v) is 4.13. The Kier molecular flexibility index (Phi) is 22.6. The number of carbonyl (C=O) groups is 1. The smallest absolute Gasteiger partial charge is 0.302 e. The van der Waals surface area contributed by atoms with Gasteiger partial charge in [0.25, 0.3) is 0 Å². The summed E-state index contributed by atoms with van der Waals surface area (Å²) < 4.78 is 10.6. The van der Waals surface area contributed by atoms with Crippen molar-refractivity contribution in [1.82, 2.24) is 0 Å². The predicted molar refractivity (Wildman–Crippen MR) is 137 cm³/mol. The van der Waals surface area contributed by atoms with E-state index < -0.39 is 11.6 Å². The Morgan fingerprint density at radius 3 is 2.22 bits per heavy atom. The van der Waals surface area contributed by atoms with E-state index in [1.807, 2.05) is 26.4 Å². The van der Waals surface area contributed by atoms with Crippen LogP contribution in [-0.2, 0) is 14.3 Å². The molecule has 1 aliphatic rings. The normalized spacial score (nSPS) is 20.8. The summed E-state index contributed by atoms with van der Waals surface area (Å²) in [7, 11) is 0. The fourth-order valence-electron chi connectivity index (χ4n) is 1.82. The number of rotatable bonds is 7. The Labute approximate surface area is 202 Å². The number of aliphatic hydroxyl groups is 3. The van der Waals surface area contributed by atoms with E-state index in [1.54, 1.807) is 43.4 Å². The molecule has 1 fully saturated rings. The Hall–Kier alpha value is -1.17. The average Bonchev–Trinajstić information content (AvgIpc) is 3.09. The second-order valence-electron chi connectivity index (χ2n) is 6.79. The third kappa shape index (κ3) is 22.0. The fourth-order valence-corrected chi connectivity index (χ4v) is 2.65. The van der Waals surface area contributed by atoms with Gasteiger partial charge in [-0.05, 0) is 57.6 Å². The first-order valence-corrected chi connectivity index (χ1v) is 12.7. The van der Waals surface area contributed by atoms with Crippen LogP contribution in [0, 0.1) is 5.41 Å². The number of esters is 1. The summed E-state index contributed by atoms with van der Waals surface area (Å²) >= 11 is 3.02. The molecule has 0 amide bonds. The maximum absolute atomic E-state index is 10.8. The fraction of sp³-hybridized carbons (Fsp3) is 0.682. The van der Waals surface area contributed by atoms with Crippen LogP contribution < -0.4 is 0 Å². The quantitative estimate of drug-likeness (QED) is 0.233. The van der Waals surface area contributed by atoms with Crippen molar-refractivity contribution in [3.05, 3.63) is 22.1 Å². The molecule has 0 aromatic rings. The molecule has 2 unspecified atom stereocenters. The molecule has 1 rings (SSSR count). The molecule has 1 saturated heterocycles. The molecule has 0 aromatic carbocycles. The van der Waals surface area contributed by atoms with Gasteiger partial charge in [0.15, 0.2) is 5.79 Å². The number of nitrogens with one attached hydrogen (secondary N) is 1. The summed E-state index contributed by atoms with van der Waals surface area (Å²) in [6, 6.07) is 0. The van der Waals surface area contributed by atoms with Gasteiger partial charge in [0, 0.05) is 32.0 Å². The van der Waals surface area contributed by atoms with Crippen LogP contribution in [0.2, 0.25) is 0 Å². The molecule has 188 valence electrons. The number of hydrogen-bond donors (Lipinski definition) is 4. The highest BCUT2D eigenvalue weighted by Crippen LogP contribution is 2.40. The molecule has 4 N–H and O–H groups in total. The van der Waals surface area contributed by atoms with E-state index in [0.29, 0.717) is 17.7 Å². The number of aliphatic imine (C=N–C) groups is 1. The standard InChI is InChI=1S/C15H22N2O4S.C3H8O2.C2H6S.C2H6/c1-4-17-8-14(22-10-11(2)7-16)15(19)6-5-13(21-15)9-20-12(3)18;1-3(2,4)5;1-3-2;1-2/h4,7-8,10,13,16,19H,5-6,9H2,1-3H3;4-5H,1-2H3;1-2H3;1-2H3/b11-10+,14-8+,16-7?,17-4?;;;. The van der Waals surface area contributed by atoms with Crippen molar-refractivity contribution in [2.24, 2.45) is 4.99 Å². The zero-order valence-corrected chi connectivity index (χ0v) is 22.5. The summed E-state index contributed by atoms with van der Waals surface area (Å²) in [6.07, 6.45) is 9.13. The molecular weight excluding hydrogens is 452 g/mol. The number of carbonyl (C=O) groups excluding carboxylic acids is 1. The van der Waals surface area contributed by atoms with Crippen molar-refractivity contribution in [3.8, 4) is 0 Å². The second kappa shape index (κ2) is 20.4. The van der Waals surface area contributed by atoms with E-state index in [4.69, 9.17) is 25.1 Å². The molecule has 1 aliphatic heterocycles. The maximum atomic E-state index is 10.8. The van der Waals surface area contributed by atoms with E-state index in [9.17, 15) is 9.90 Å². The first-order valence-electron chi connectivity index (χ1n) is 10.2. The van der Waals surface area contributed by atoms with Crippen molar-refractivity contribution >= 4 is 41.9 Å². The number of nitrogens with zero attached hydrogens (tertiary/aromatic N) is 1. The van der Waals surface area contributed by atoms with E-state index in [0.717, 1.165) is 5.57 Å². The van der Waals surface area contributed by atoms with Gasteiger partial charge in [0.05, 0.1) is 11.0 Å². The highest BCUT2D eigenvalue weighted by molar-refractivity contribution is 8.05. The molecular formula is C22H42N2O6S2. The van der Waals surface area contributed by atoms with Crippen LogP contribution in [0.1, 0.15) is 61.3 Å². The SMILES string of the molecule is CC.CC(C)(O)O.CC=N/C=C(/S/C=C(\C)C=N)C1(O)CCC(COC(C)=O)O1.CSC. The monoisotopic (exact) mass is 494 g/mol. The van der Waals surface area contributed by atoms with Crippen molar-refractivity contribution in [3.63, 3.8) is 0 Å². The minimum Gasteiger partial charge on any atom is -0.463 e. The number of allylic oxidation sites excluding steroid dienone is 1. The van der Waals surface area contributed by atoms with Gasteiger partial charge >= 0.3 is 5.97 Å². The van der Waals surface area contributed by atoms with Gasteiger partial charge in [0.1, 0.15) is 6.61 Å². The lowest BCUT2D eigenvalue weighted by molar-refractivity contribution is -0.174. The molecule has 0 bridgehead atoms. The number of thioether (sulfide) groups is 2. The first kappa shape index (κ1) is 35.4. The largest absolute Gasteiger partial charge is 0.463 e. The van der Waals surface area contributed by atoms with E-state index >= 15 is 0 Å². The molecule has 0 aliphatic carbocycles. The van der Waals surface area contributed by atoms with Crippen LogP contribution in [0.4, 0.5) is 0 Å². The lowest BCUT2D eigenvalue weighted by atomic mass is 10.1. The highest BCUT2D eigenvalue weighted by atomic mass is 32.2. The van der Waals surface area contributed by atoms with Crippen molar-refractivity contribution in [1.29, 1.82) is 5.41 Å². The molecule has 0 radical (unpaired) electrons. The van der Waals surface area contributed by atoms with E-state index in [2.05, 4.69) is 4.99 Å². The topological polar surface area (TPSA) is 132 Å². The lowest BCUT2D eigenvalue weighted by Gasteiger charge is -2.25. The summed E-state index contributed by atoms with van der Waals surface area (Å²) in [5, 5.41) is 35.8. The van der Waals surface area contributed by atoms with E-state index in [-0.39, 0.29) is 18.7 Å². The Morgan fingerprint density at radius 1 is 1.31 bits per heavy atom. The number of ether oxygens (including phenoxy) is 2. The molecule has 0 spiro atoms. The summed E-state index contributed by atoms with van der Waals surface area (Å²) in [5.41, 5.74) is 0.759. The Bertz CT molecular complexity index is 598. The minimum absolute atomic E-state index is 0.127. The average molecular weight is 495 g/mol. The summed E-state index contributed by atoms with van der Waals surface area (Å²) in [4.78, 5) is 15.4. The van der Waals surface area contributed by atoms with Gasteiger partial charge < -0.3 is 30.2 Å². The molecule has 0 saturated carbocycles. The van der Waals surface area contributed by atoms with Crippen LogP contribution in [0.3, 0.4) is 0 Å². The summed E-state index contributed by atoms with van der Waals surface area (Å²) in [6.45, 7) is 11.6. The second-order valence-corrected chi connectivity index (χ2v) is 8.52. The van der Waals surface area contributed by atoms with Crippen molar-refractivity contribution in [2.45, 2.75) is 79.0 Å². The van der Waals surface area contributed by atoms with Gasteiger partial charge in [-0.25, -0.2) is 0 Å². The summed E-state index contributed by atoms with van der Waals surface area (Å²) in [5.74, 6) is -3.31. The Morgan fingerprint density at radius 2 is 1.81 bits per heavy atom. The molecule has 8 nitrogen and oxygen atoms in total. The molecule has 0 aromatic heterocycles. The lowest BCUT2D eigenvalue weighted by Crippen LogP contribution is -2.31. The van der Waals surface area contributed by atoms with Gasteiger partial charge in [0.2, 0.25) is 5.79 Å². The van der Waals surface area contributed by atoms with Gasteiger partial charge in [-0.2, -0.15) is 11.8 Å². The minimum atomic E-state index is -1.50. The third-order valence-electron chi connectivity index (χ3n) is 2.96. The number of hydrogen-bond acceptors (Lipinski definition) is 10. The Balaban J connectivity index is -0.000000711. The van der Waals surface area contributed by atoms with Gasteiger partial charge in [-0.3, -0.25) is 9.79 Å². The zero-order chi connectivity index (χ0) is 25.8. The van der Waals surface area contributed by atoms with Crippen LogP contribution in [0.5, 0.6) is 0 Å². The molecule has 32 heavy (non-hydrogen) atoms. The molecule has 2 atom stereocenters. The van der Waals surface area contributed by atoms with Crippen molar-refractivity contribution < 1.29 is 29.6 Å². The van der Waals surface area contributed by atoms with Crippen LogP contribution in [-0.4, -0.2) is 70.5 Å².